The van der Waals surface area contributed by atoms with Crippen molar-refractivity contribution in [3.8, 4) is 0 Å². The van der Waals surface area contributed by atoms with Gasteiger partial charge in [-0.05, 0) is 28.3 Å². The fourth-order valence-electron chi connectivity index (χ4n) is 4.19. The highest BCUT2D eigenvalue weighted by Crippen LogP contribution is 2.40. The van der Waals surface area contributed by atoms with Crippen LogP contribution >= 0.6 is 0 Å². The first kappa shape index (κ1) is 19.8. The summed E-state index contributed by atoms with van der Waals surface area (Å²) in [5.41, 5.74) is 5.76. The Bertz CT molecular complexity index is 1190. The van der Waals surface area contributed by atoms with Crippen molar-refractivity contribution in [1.29, 1.82) is 0 Å². The number of hydrogen-bond acceptors (Lipinski definition) is 2. The molecule has 0 radical (unpaired) electrons. The number of rotatable bonds is 3. The molecule has 2 nitrogen and oxygen atoms in total. The number of anilines is 2. The van der Waals surface area contributed by atoms with Crippen LogP contribution in [0.5, 0.6) is 0 Å². The molecule has 0 atom stereocenters. The van der Waals surface area contributed by atoms with E-state index in [1.165, 1.54) is 27.2 Å². The highest BCUT2D eigenvalue weighted by molar-refractivity contribution is 6.90. The van der Waals surface area contributed by atoms with Gasteiger partial charge in [-0.15, -0.1) is 0 Å². The molecule has 0 amide bonds. The highest BCUT2D eigenvalue weighted by Gasteiger charge is 2.25. The summed E-state index contributed by atoms with van der Waals surface area (Å²) < 4.78 is 6.60. The molecule has 150 valence electrons. The van der Waals surface area contributed by atoms with Crippen LogP contribution < -0.4 is 10.1 Å². The van der Waals surface area contributed by atoms with Gasteiger partial charge in [-0.25, -0.2) is 0 Å². The zero-order chi connectivity index (χ0) is 21.0. The molecule has 0 aliphatic rings. The van der Waals surface area contributed by atoms with Gasteiger partial charge in [0, 0.05) is 23.5 Å². The van der Waals surface area contributed by atoms with E-state index >= 15 is 0 Å². The Morgan fingerprint density at radius 2 is 1.31 bits per heavy atom. The monoisotopic (exact) mass is 401 g/mol. The van der Waals surface area contributed by atoms with E-state index < -0.39 is 8.07 Å². The van der Waals surface area contributed by atoms with E-state index in [-0.39, 0.29) is 5.41 Å². The van der Waals surface area contributed by atoms with Crippen molar-refractivity contribution in [2.45, 2.75) is 45.8 Å². The average Bonchev–Trinajstić information content (AvgIpc) is 3.04. The number of furan rings is 1. The van der Waals surface area contributed by atoms with Crippen molar-refractivity contribution >= 4 is 46.6 Å². The Labute approximate surface area is 175 Å². The van der Waals surface area contributed by atoms with Crippen LogP contribution in [0.2, 0.25) is 19.6 Å². The summed E-state index contributed by atoms with van der Waals surface area (Å²) in [5.74, 6) is 0. The van der Waals surface area contributed by atoms with E-state index in [9.17, 15) is 0 Å². The molecule has 0 bridgehead atoms. The van der Waals surface area contributed by atoms with Gasteiger partial charge in [0.2, 0.25) is 0 Å². The van der Waals surface area contributed by atoms with Crippen LogP contribution in [0.3, 0.4) is 0 Å². The molecule has 1 heterocycles. The second kappa shape index (κ2) is 6.77. The van der Waals surface area contributed by atoms with Crippen LogP contribution in [-0.2, 0) is 5.41 Å². The number of fused-ring (bicyclic) bond motifs is 3. The summed E-state index contributed by atoms with van der Waals surface area (Å²) in [4.78, 5) is 2.28. The van der Waals surface area contributed by atoms with Crippen LogP contribution in [0.1, 0.15) is 26.3 Å². The maximum atomic E-state index is 6.60. The SMILES string of the molecule is CN(c1ccccc1C(C)(C)C)c1cccc2c1oc1c([Si](C)(C)C)cccc12. The maximum absolute atomic E-state index is 6.60. The minimum absolute atomic E-state index is 0.0671. The van der Waals surface area contributed by atoms with E-state index in [1.807, 2.05) is 0 Å². The zero-order valence-corrected chi connectivity index (χ0v) is 19.6. The van der Waals surface area contributed by atoms with Gasteiger partial charge >= 0.3 is 0 Å². The molecule has 0 spiro atoms. The van der Waals surface area contributed by atoms with Crippen LogP contribution in [-0.4, -0.2) is 15.1 Å². The Morgan fingerprint density at radius 1 is 0.724 bits per heavy atom. The number of benzene rings is 3. The number of nitrogens with zero attached hydrogens (tertiary/aromatic N) is 1. The third-order valence-corrected chi connectivity index (χ3v) is 7.76. The fraction of sp³-hybridized carbons (Fsp3) is 0.308. The molecule has 0 aliphatic heterocycles. The van der Waals surface area contributed by atoms with Gasteiger partial charge in [0.05, 0.1) is 13.8 Å². The first-order valence-corrected chi connectivity index (χ1v) is 13.9. The van der Waals surface area contributed by atoms with E-state index in [1.54, 1.807) is 0 Å². The molecule has 0 unspecified atom stereocenters. The fourth-order valence-corrected chi connectivity index (χ4v) is 5.65. The van der Waals surface area contributed by atoms with Gasteiger partial charge in [0.25, 0.3) is 0 Å². The lowest BCUT2D eigenvalue weighted by Crippen LogP contribution is -2.37. The molecule has 0 saturated carbocycles. The molecule has 29 heavy (non-hydrogen) atoms. The lowest BCUT2D eigenvalue weighted by molar-refractivity contribution is 0.590. The van der Waals surface area contributed by atoms with Crippen LogP contribution in [0.15, 0.2) is 65.1 Å². The largest absolute Gasteiger partial charge is 0.454 e. The highest BCUT2D eigenvalue weighted by atomic mass is 28.3. The first-order chi connectivity index (χ1) is 13.6. The zero-order valence-electron chi connectivity index (χ0n) is 18.6. The van der Waals surface area contributed by atoms with Gasteiger partial charge in [-0.2, -0.15) is 0 Å². The Hall–Kier alpha value is -2.52. The van der Waals surface area contributed by atoms with Gasteiger partial charge < -0.3 is 9.32 Å². The standard InChI is InChI=1S/C26H31NOSi/c1-26(2,3)20-14-8-9-15-21(20)27(4)22-16-10-12-18-19-13-11-17-23(29(5,6)7)25(19)28-24(18)22/h8-17H,1-7H3. The smallest absolute Gasteiger partial charge is 0.159 e. The molecule has 0 aliphatic carbocycles. The number of para-hydroxylation sites is 3. The maximum Gasteiger partial charge on any atom is 0.159 e. The van der Waals surface area contributed by atoms with Gasteiger partial charge in [0.15, 0.2) is 5.58 Å². The van der Waals surface area contributed by atoms with Crippen LogP contribution in [0.4, 0.5) is 11.4 Å². The van der Waals surface area contributed by atoms with E-state index in [0.29, 0.717) is 0 Å². The van der Waals surface area contributed by atoms with E-state index in [2.05, 4.69) is 113 Å². The second-order valence-electron chi connectivity index (χ2n) is 10.0. The minimum atomic E-state index is -1.51. The second-order valence-corrected chi connectivity index (χ2v) is 15.1. The van der Waals surface area contributed by atoms with Gasteiger partial charge in [-0.3, -0.25) is 0 Å². The molecular weight excluding hydrogens is 370 g/mol. The average molecular weight is 402 g/mol. The molecule has 0 saturated heterocycles. The summed E-state index contributed by atoms with van der Waals surface area (Å²) in [6.07, 6.45) is 0. The predicted octanol–water partition coefficient (Wildman–Crippen LogP) is 7.20. The molecular formula is C26H31NOSi. The third-order valence-electron chi connectivity index (χ3n) is 5.75. The summed E-state index contributed by atoms with van der Waals surface area (Å²) in [6.45, 7) is 13.9. The van der Waals surface area contributed by atoms with Crippen molar-refractivity contribution in [2.24, 2.45) is 0 Å². The quantitative estimate of drug-likeness (QED) is 0.338. The van der Waals surface area contributed by atoms with Crippen LogP contribution in [0, 0.1) is 0 Å². The van der Waals surface area contributed by atoms with Crippen LogP contribution in [0.25, 0.3) is 21.9 Å². The predicted molar refractivity (Wildman–Crippen MR) is 130 cm³/mol. The Balaban J connectivity index is 1.97. The summed E-state index contributed by atoms with van der Waals surface area (Å²) in [5, 5.41) is 3.80. The van der Waals surface area contributed by atoms with Gasteiger partial charge in [-0.1, -0.05) is 88.9 Å². The summed E-state index contributed by atoms with van der Waals surface area (Å²) in [6, 6.07) is 21.8. The number of hydrogen-bond donors (Lipinski definition) is 0. The molecule has 0 fully saturated rings. The van der Waals surface area contributed by atoms with Crippen molar-refractivity contribution < 1.29 is 4.42 Å². The van der Waals surface area contributed by atoms with Gasteiger partial charge in [0.1, 0.15) is 5.58 Å². The van der Waals surface area contributed by atoms with Crippen molar-refractivity contribution in [3.63, 3.8) is 0 Å². The third kappa shape index (κ3) is 3.38. The molecule has 1 aromatic heterocycles. The molecule has 3 aromatic carbocycles. The normalized spacial score (nSPS) is 12.7. The lowest BCUT2D eigenvalue weighted by atomic mass is 9.85. The first-order valence-electron chi connectivity index (χ1n) is 10.4. The van der Waals surface area contributed by atoms with E-state index in [4.69, 9.17) is 4.42 Å². The lowest BCUT2D eigenvalue weighted by Gasteiger charge is -2.29. The topological polar surface area (TPSA) is 16.4 Å². The van der Waals surface area contributed by atoms with E-state index in [0.717, 1.165) is 16.9 Å². The summed E-state index contributed by atoms with van der Waals surface area (Å²) >= 11 is 0. The summed E-state index contributed by atoms with van der Waals surface area (Å²) in [7, 11) is 0.634. The Morgan fingerprint density at radius 3 is 1.97 bits per heavy atom. The van der Waals surface area contributed by atoms with Crippen molar-refractivity contribution in [3.05, 3.63) is 66.2 Å². The Kier molecular flexibility index (Phi) is 4.62. The molecule has 4 aromatic rings. The molecule has 3 heteroatoms. The molecule has 4 rings (SSSR count). The van der Waals surface area contributed by atoms with Crippen molar-refractivity contribution in [2.75, 3.05) is 11.9 Å². The van der Waals surface area contributed by atoms with Crippen molar-refractivity contribution in [1.82, 2.24) is 0 Å². The molecule has 0 N–H and O–H groups in total. The minimum Gasteiger partial charge on any atom is -0.454 e.